The van der Waals surface area contributed by atoms with Crippen LogP contribution in [0, 0.1) is 0 Å². The van der Waals surface area contributed by atoms with E-state index in [9.17, 15) is 4.57 Å². The number of aromatic nitrogens is 4. The molecule has 11 nitrogen and oxygen atoms in total. The van der Waals surface area contributed by atoms with Gasteiger partial charge in [-0.2, -0.15) is 9.97 Å². The van der Waals surface area contributed by atoms with Gasteiger partial charge in [-0.3, -0.25) is 18.1 Å². The number of imidazole rings is 1. The summed E-state index contributed by atoms with van der Waals surface area (Å²) in [6, 6.07) is 0.309. The van der Waals surface area contributed by atoms with Crippen molar-refractivity contribution in [3.63, 3.8) is 0 Å². The minimum absolute atomic E-state index is 0.0421. The van der Waals surface area contributed by atoms with E-state index in [0.29, 0.717) is 23.0 Å². The summed E-state index contributed by atoms with van der Waals surface area (Å²) < 4.78 is 50.7. The first kappa shape index (κ1) is 19.1. The van der Waals surface area contributed by atoms with Crippen LogP contribution < -0.4 is 11.1 Å². The van der Waals surface area contributed by atoms with Crippen LogP contribution in [-0.4, -0.2) is 57.2 Å². The number of fused-ring (bicyclic) bond motifs is 2. The third-order valence-electron chi connectivity index (χ3n) is 5.68. The highest BCUT2D eigenvalue weighted by molar-refractivity contribution is 7.48. The van der Waals surface area contributed by atoms with Gasteiger partial charge in [0.15, 0.2) is 28.9 Å². The predicted molar refractivity (Wildman–Crippen MR) is 99.9 cm³/mol. The molecule has 0 spiro atoms. The fraction of sp³-hybridized carbons (Fsp3) is 0.688. The highest BCUT2D eigenvalue weighted by Gasteiger charge is 2.61. The largest absolute Gasteiger partial charge is 0.475 e. The molecule has 3 fully saturated rings. The second kappa shape index (κ2) is 6.58. The molecule has 1 aliphatic carbocycles. The number of nitrogen functional groups attached to an aromatic ring is 1. The van der Waals surface area contributed by atoms with E-state index in [4.69, 9.17) is 24.0 Å². The third-order valence-corrected chi connectivity index (χ3v) is 7.08. The van der Waals surface area contributed by atoms with Crippen LogP contribution in [0.3, 0.4) is 0 Å². The van der Waals surface area contributed by atoms with Crippen LogP contribution >= 0.6 is 7.82 Å². The zero-order valence-corrected chi connectivity index (χ0v) is 16.8. The van der Waals surface area contributed by atoms with Crippen LogP contribution in [0.1, 0.15) is 32.4 Å². The summed E-state index contributed by atoms with van der Waals surface area (Å²) in [5, 5.41) is 3.32. The summed E-state index contributed by atoms with van der Waals surface area (Å²) in [5.41, 5.74) is 4.64. The lowest BCUT2D eigenvalue weighted by Gasteiger charge is -2.33. The van der Waals surface area contributed by atoms with Crippen LogP contribution in [0.15, 0.2) is 6.33 Å². The van der Waals surface area contributed by atoms with Crippen molar-refractivity contribution in [2.24, 2.45) is 0 Å². The monoisotopic (exact) mass is 428 g/mol. The summed E-state index contributed by atoms with van der Waals surface area (Å²) in [6.07, 6.45) is 1.62. The van der Waals surface area contributed by atoms with Crippen LogP contribution in [0.5, 0.6) is 0 Å². The van der Waals surface area contributed by atoms with Crippen LogP contribution in [0.4, 0.5) is 16.2 Å². The average Bonchev–Trinajstić information content (AvgIpc) is 3.16. The highest BCUT2D eigenvalue weighted by atomic mass is 31.2. The fourth-order valence-electron chi connectivity index (χ4n) is 3.89. The molecule has 3 N–H and O–H groups in total. The third kappa shape index (κ3) is 3.01. The zero-order valence-electron chi connectivity index (χ0n) is 15.9. The van der Waals surface area contributed by atoms with Gasteiger partial charge < -0.3 is 15.8 Å². The number of phosphoric ester groups is 1. The number of hydrogen-bond acceptors (Lipinski definition) is 10. The summed E-state index contributed by atoms with van der Waals surface area (Å²) >= 11 is 0. The molecule has 4 heterocycles. The van der Waals surface area contributed by atoms with E-state index in [1.165, 1.54) is 24.9 Å². The number of phosphoric acid groups is 1. The molecule has 3 aliphatic rings. The summed E-state index contributed by atoms with van der Waals surface area (Å²) in [5.74, 6) is 0.552. The molecule has 1 unspecified atom stereocenters. The topological polar surface area (TPSA) is 136 Å². The molecule has 2 aromatic heterocycles. The summed E-state index contributed by atoms with van der Waals surface area (Å²) in [4.78, 5) is 12.9. The lowest BCUT2D eigenvalue weighted by molar-refractivity contribution is -0.0686. The maximum absolute atomic E-state index is 15.8. The van der Waals surface area contributed by atoms with Crippen molar-refractivity contribution >= 4 is 30.8 Å². The molecule has 2 saturated heterocycles. The van der Waals surface area contributed by atoms with Crippen LogP contribution in [0.2, 0.25) is 0 Å². The average molecular weight is 428 g/mol. The Morgan fingerprint density at radius 1 is 1.45 bits per heavy atom. The number of anilines is 2. The molecular weight excluding hydrogens is 406 g/mol. The van der Waals surface area contributed by atoms with Gasteiger partial charge in [0.2, 0.25) is 5.95 Å². The molecule has 2 aliphatic heterocycles. The van der Waals surface area contributed by atoms with Crippen LogP contribution in [0.25, 0.3) is 11.2 Å². The Labute approximate surface area is 165 Å². The maximum atomic E-state index is 15.8. The number of halogens is 1. The molecular formula is C16H22FN6O5P. The van der Waals surface area contributed by atoms with E-state index in [1.807, 2.05) is 0 Å². The maximum Gasteiger partial charge on any atom is 0.475 e. The Kier molecular flexibility index (Phi) is 4.34. The van der Waals surface area contributed by atoms with E-state index in [-0.39, 0.29) is 12.6 Å². The lowest BCUT2D eigenvalue weighted by Crippen LogP contribution is -2.44. The molecule has 158 valence electrons. The number of nitrogens with one attached hydrogen (secondary N) is 1. The van der Waals surface area contributed by atoms with Crippen molar-refractivity contribution in [1.82, 2.24) is 19.5 Å². The number of nitrogens with zero attached hydrogens (tertiary/aromatic N) is 4. The van der Waals surface area contributed by atoms with E-state index in [2.05, 4.69) is 20.3 Å². The molecule has 0 bridgehead atoms. The Hall–Kier alpha value is -1.85. The second-order valence-corrected chi connectivity index (χ2v) is 9.38. The number of nitrogens with two attached hydrogens (primary N) is 1. The molecule has 5 rings (SSSR count). The van der Waals surface area contributed by atoms with Gasteiger partial charge >= 0.3 is 7.82 Å². The normalized spacial score (nSPS) is 37.4. The molecule has 29 heavy (non-hydrogen) atoms. The first-order valence-electron chi connectivity index (χ1n) is 9.40. The van der Waals surface area contributed by atoms with E-state index in [1.54, 1.807) is 0 Å². The Bertz CT molecular complexity index is 998. The van der Waals surface area contributed by atoms with Crippen molar-refractivity contribution in [1.29, 1.82) is 0 Å². The molecule has 1 saturated carbocycles. The molecule has 0 amide bonds. The van der Waals surface area contributed by atoms with Gasteiger partial charge in [0, 0.05) is 13.2 Å². The van der Waals surface area contributed by atoms with E-state index in [0.717, 1.165) is 19.3 Å². The van der Waals surface area contributed by atoms with Gasteiger partial charge in [0.05, 0.1) is 12.9 Å². The Morgan fingerprint density at radius 2 is 2.24 bits per heavy atom. The van der Waals surface area contributed by atoms with Gasteiger partial charge in [0.1, 0.15) is 12.2 Å². The predicted octanol–water partition coefficient (Wildman–Crippen LogP) is 2.17. The minimum atomic E-state index is -3.82. The quantitative estimate of drug-likeness (QED) is 0.697. The first-order chi connectivity index (χ1) is 13.8. The Balaban J connectivity index is 1.51. The highest BCUT2D eigenvalue weighted by Crippen LogP contribution is 2.59. The molecule has 0 aromatic carbocycles. The smallest absolute Gasteiger partial charge is 0.368 e. The lowest BCUT2D eigenvalue weighted by atomic mass is 9.93. The van der Waals surface area contributed by atoms with Gasteiger partial charge in [-0.05, 0) is 26.2 Å². The number of rotatable bonds is 4. The van der Waals surface area contributed by atoms with Gasteiger partial charge in [-0.15, -0.1) is 0 Å². The van der Waals surface area contributed by atoms with Gasteiger partial charge in [0.25, 0.3) is 0 Å². The Morgan fingerprint density at radius 3 is 2.93 bits per heavy atom. The number of alkyl halides is 1. The molecule has 0 radical (unpaired) electrons. The number of ether oxygens (including phenoxy) is 1. The van der Waals surface area contributed by atoms with Crippen molar-refractivity contribution in [3.05, 3.63) is 6.33 Å². The van der Waals surface area contributed by atoms with Crippen molar-refractivity contribution < 1.29 is 27.3 Å². The molecule has 13 heteroatoms. The van der Waals surface area contributed by atoms with Crippen LogP contribution in [-0.2, 0) is 22.9 Å². The van der Waals surface area contributed by atoms with E-state index < -0.39 is 31.9 Å². The zero-order chi connectivity index (χ0) is 20.4. The van der Waals surface area contributed by atoms with Gasteiger partial charge in [-0.1, -0.05) is 0 Å². The van der Waals surface area contributed by atoms with E-state index >= 15 is 4.39 Å². The minimum Gasteiger partial charge on any atom is -0.368 e. The van der Waals surface area contributed by atoms with Crippen molar-refractivity contribution in [2.75, 3.05) is 24.8 Å². The summed E-state index contributed by atoms with van der Waals surface area (Å²) in [6.45, 7) is 1.20. The fourth-order valence-corrected chi connectivity index (χ4v) is 5.09. The first-order valence-corrected chi connectivity index (χ1v) is 10.9. The van der Waals surface area contributed by atoms with Crippen molar-refractivity contribution in [3.8, 4) is 0 Å². The SMILES string of the molecule is COP1(=O)OC[C@H]2O[C@@H](n3cnc4c(NC5CCC5)nc(N)nc43)[C@](C)(F)[C@@H]2O1. The molecule has 5 atom stereocenters. The molecule has 2 aromatic rings. The number of hydrogen-bond donors (Lipinski definition) is 2. The van der Waals surface area contributed by atoms with Crippen molar-refractivity contribution in [2.45, 2.75) is 56.3 Å². The standard InChI is InChI=1S/C16H22FN6O5P/c1-16(17)11-9(6-26-29(24,25-2)28-11)27-14(16)23-7-19-10-12(20-8-4-3-5-8)21-15(18)22-13(10)23/h7-9,11,14H,3-6H2,1-2H3,(H3,18,20,21,22)/t9-,11-,14-,16-,29?/m1/s1. The summed E-state index contributed by atoms with van der Waals surface area (Å²) in [7, 11) is -2.64. The second-order valence-electron chi connectivity index (χ2n) is 7.66. The van der Waals surface area contributed by atoms with Gasteiger partial charge in [-0.25, -0.2) is 13.9 Å².